The molecule has 0 amide bonds. The lowest BCUT2D eigenvalue weighted by Crippen LogP contribution is -2.40. The molecule has 3 aromatic rings. The molecule has 1 aliphatic rings. The van der Waals surface area contributed by atoms with Crippen molar-refractivity contribution in [2.75, 3.05) is 25.0 Å². The van der Waals surface area contributed by atoms with Crippen LogP contribution in [0.25, 0.3) is 22.1 Å². The molecule has 0 aliphatic carbocycles. The fraction of sp³-hybridized carbons (Fsp3) is 0.474. The van der Waals surface area contributed by atoms with Crippen LogP contribution in [0.15, 0.2) is 35.0 Å². The van der Waals surface area contributed by atoms with Crippen LogP contribution in [-0.2, 0) is 0 Å². The molecule has 3 heterocycles. The van der Waals surface area contributed by atoms with Gasteiger partial charge < -0.3 is 14.6 Å². The highest BCUT2D eigenvalue weighted by Crippen LogP contribution is 2.31. The molecule has 1 saturated heterocycles. The Kier molecular flexibility index (Phi) is 4.10. The number of furan rings is 1. The van der Waals surface area contributed by atoms with Gasteiger partial charge in [0, 0.05) is 31.1 Å². The molecule has 5 nitrogen and oxygen atoms in total. The predicted octanol–water partition coefficient (Wildman–Crippen LogP) is 3.91. The van der Waals surface area contributed by atoms with Crippen LogP contribution in [0.2, 0.25) is 0 Å². The number of anilines is 1. The number of nitrogens with zero attached hydrogens (tertiary/aromatic N) is 3. The second kappa shape index (κ2) is 6.40. The van der Waals surface area contributed by atoms with E-state index in [1.807, 2.05) is 24.3 Å². The Morgan fingerprint density at radius 2 is 2.00 bits per heavy atom. The molecule has 1 aliphatic heterocycles. The summed E-state index contributed by atoms with van der Waals surface area (Å²) in [6.07, 6.45) is 3.90. The van der Waals surface area contributed by atoms with Crippen LogP contribution < -0.4 is 5.32 Å². The number of nitrogens with one attached hydrogen (secondary N) is 1. The van der Waals surface area contributed by atoms with Gasteiger partial charge in [-0.25, -0.2) is 9.97 Å². The van der Waals surface area contributed by atoms with E-state index in [1.54, 1.807) is 6.33 Å². The Balaban J connectivity index is 1.53. The van der Waals surface area contributed by atoms with Crippen LogP contribution in [0.1, 0.15) is 26.7 Å². The molecule has 5 heteroatoms. The number of hydrogen-bond acceptors (Lipinski definition) is 5. The zero-order valence-electron chi connectivity index (χ0n) is 14.3. The second-order valence-electron chi connectivity index (χ2n) is 7.11. The van der Waals surface area contributed by atoms with Gasteiger partial charge in [-0.15, -0.1) is 0 Å². The van der Waals surface area contributed by atoms with Crippen LogP contribution in [0.3, 0.4) is 0 Å². The number of aromatic nitrogens is 2. The van der Waals surface area contributed by atoms with E-state index in [-0.39, 0.29) is 0 Å². The van der Waals surface area contributed by atoms with Crippen molar-refractivity contribution in [2.45, 2.75) is 32.7 Å². The summed E-state index contributed by atoms with van der Waals surface area (Å²) in [5.74, 6) is 1.55. The first kappa shape index (κ1) is 15.4. The zero-order valence-corrected chi connectivity index (χ0v) is 14.3. The summed E-state index contributed by atoms with van der Waals surface area (Å²) in [5.41, 5.74) is 2.52. The van der Waals surface area contributed by atoms with Gasteiger partial charge in [0.1, 0.15) is 17.4 Å². The lowest BCUT2D eigenvalue weighted by Gasteiger charge is -2.33. The molecule has 0 atom stereocenters. The van der Waals surface area contributed by atoms with E-state index in [0.717, 1.165) is 59.7 Å². The van der Waals surface area contributed by atoms with Crippen LogP contribution in [0.5, 0.6) is 0 Å². The number of hydrogen-bond donors (Lipinski definition) is 1. The molecule has 0 bridgehead atoms. The lowest BCUT2D eigenvalue weighted by atomic mass is 10.0. The number of rotatable bonds is 4. The van der Waals surface area contributed by atoms with Gasteiger partial charge in [-0.1, -0.05) is 26.0 Å². The van der Waals surface area contributed by atoms with Gasteiger partial charge in [0.25, 0.3) is 0 Å². The van der Waals surface area contributed by atoms with Crippen molar-refractivity contribution in [3.8, 4) is 0 Å². The minimum Gasteiger partial charge on any atom is -0.450 e. The average Bonchev–Trinajstić information content (AvgIpc) is 2.96. The molecule has 0 radical (unpaired) electrons. The Hall–Kier alpha value is -2.14. The fourth-order valence-electron chi connectivity index (χ4n) is 3.60. The van der Waals surface area contributed by atoms with Crippen molar-refractivity contribution in [1.82, 2.24) is 14.9 Å². The number of benzene rings is 1. The van der Waals surface area contributed by atoms with Crippen LogP contribution >= 0.6 is 0 Å². The SMILES string of the molecule is CC(C)CN1CCC(Nc2ncnc3c2oc2ccccc23)CC1. The van der Waals surface area contributed by atoms with Gasteiger partial charge in [-0.3, -0.25) is 0 Å². The van der Waals surface area contributed by atoms with Crippen molar-refractivity contribution >= 4 is 27.9 Å². The molecule has 1 fully saturated rings. The van der Waals surface area contributed by atoms with Gasteiger partial charge in [0.05, 0.1) is 0 Å². The molecule has 0 saturated carbocycles. The lowest BCUT2D eigenvalue weighted by molar-refractivity contribution is 0.198. The number of fused-ring (bicyclic) bond motifs is 3. The van der Waals surface area contributed by atoms with Crippen molar-refractivity contribution in [2.24, 2.45) is 5.92 Å². The summed E-state index contributed by atoms with van der Waals surface area (Å²) in [6, 6.07) is 8.46. The van der Waals surface area contributed by atoms with Crippen molar-refractivity contribution in [3.05, 3.63) is 30.6 Å². The Morgan fingerprint density at radius 3 is 2.79 bits per heavy atom. The van der Waals surface area contributed by atoms with E-state index < -0.39 is 0 Å². The first-order valence-corrected chi connectivity index (χ1v) is 8.82. The predicted molar refractivity (Wildman–Crippen MR) is 97.2 cm³/mol. The quantitative estimate of drug-likeness (QED) is 0.788. The Morgan fingerprint density at radius 1 is 1.21 bits per heavy atom. The number of para-hydroxylation sites is 1. The molecule has 126 valence electrons. The highest BCUT2D eigenvalue weighted by atomic mass is 16.3. The molecule has 4 rings (SSSR count). The van der Waals surface area contributed by atoms with Crippen LogP contribution in [-0.4, -0.2) is 40.5 Å². The van der Waals surface area contributed by atoms with E-state index in [1.165, 1.54) is 6.54 Å². The minimum absolute atomic E-state index is 0.444. The van der Waals surface area contributed by atoms with E-state index in [9.17, 15) is 0 Å². The summed E-state index contributed by atoms with van der Waals surface area (Å²) in [4.78, 5) is 11.4. The first-order valence-electron chi connectivity index (χ1n) is 8.82. The van der Waals surface area contributed by atoms with Gasteiger partial charge in [0.15, 0.2) is 11.4 Å². The second-order valence-corrected chi connectivity index (χ2v) is 7.11. The normalized spacial score (nSPS) is 17.1. The average molecular weight is 324 g/mol. The van der Waals surface area contributed by atoms with E-state index in [4.69, 9.17) is 4.42 Å². The maximum atomic E-state index is 6.00. The van der Waals surface area contributed by atoms with Crippen molar-refractivity contribution in [1.29, 1.82) is 0 Å². The van der Waals surface area contributed by atoms with Gasteiger partial charge in [-0.05, 0) is 30.9 Å². The summed E-state index contributed by atoms with van der Waals surface area (Å²) >= 11 is 0. The third-order valence-electron chi connectivity index (χ3n) is 4.71. The molecular weight excluding hydrogens is 300 g/mol. The van der Waals surface area contributed by atoms with Crippen LogP contribution in [0, 0.1) is 5.92 Å². The maximum Gasteiger partial charge on any atom is 0.196 e. The summed E-state index contributed by atoms with van der Waals surface area (Å²) in [5, 5.41) is 4.63. The monoisotopic (exact) mass is 324 g/mol. The van der Waals surface area contributed by atoms with E-state index in [0.29, 0.717) is 6.04 Å². The standard InChI is InChI=1S/C19H24N4O/c1-13(2)11-23-9-7-14(8-10-23)22-19-18-17(20-12-21-19)15-5-3-4-6-16(15)24-18/h3-6,12-14H,7-11H2,1-2H3,(H,20,21,22). The maximum absolute atomic E-state index is 6.00. The zero-order chi connectivity index (χ0) is 16.5. The fourth-order valence-corrected chi connectivity index (χ4v) is 3.60. The summed E-state index contributed by atoms with van der Waals surface area (Å²) < 4.78 is 6.00. The molecule has 2 aromatic heterocycles. The molecule has 24 heavy (non-hydrogen) atoms. The molecule has 0 unspecified atom stereocenters. The van der Waals surface area contributed by atoms with Crippen molar-refractivity contribution in [3.63, 3.8) is 0 Å². The largest absolute Gasteiger partial charge is 0.450 e. The highest BCUT2D eigenvalue weighted by molar-refractivity contribution is 6.05. The molecule has 1 aromatic carbocycles. The minimum atomic E-state index is 0.444. The molecular formula is C19H24N4O. The third-order valence-corrected chi connectivity index (χ3v) is 4.71. The Bertz CT molecular complexity index is 834. The molecule has 1 N–H and O–H groups in total. The summed E-state index contributed by atoms with van der Waals surface area (Å²) in [7, 11) is 0. The number of likely N-dealkylation sites (tertiary alicyclic amines) is 1. The third kappa shape index (κ3) is 2.96. The number of piperidine rings is 1. The summed E-state index contributed by atoms with van der Waals surface area (Å²) in [6.45, 7) is 8.04. The van der Waals surface area contributed by atoms with Crippen molar-refractivity contribution < 1.29 is 4.42 Å². The van der Waals surface area contributed by atoms with Gasteiger partial charge in [0.2, 0.25) is 0 Å². The smallest absolute Gasteiger partial charge is 0.196 e. The first-order chi connectivity index (χ1) is 11.7. The molecule has 0 spiro atoms. The van der Waals surface area contributed by atoms with E-state index >= 15 is 0 Å². The van der Waals surface area contributed by atoms with Crippen LogP contribution in [0.4, 0.5) is 5.82 Å². The van der Waals surface area contributed by atoms with E-state index in [2.05, 4.69) is 34.0 Å². The topological polar surface area (TPSA) is 54.2 Å². The van der Waals surface area contributed by atoms with Gasteiger partial charge in [-0.2, -0.15) is 0 Å². The van der Waals surface area contributed by atoms with Gasteiger partial charge >= 0.3 is 0 Å². The highest BCUT2D eigenvalue weighted by Gasteiger charge is 2.21. The Labute approximate surface area is 142 Å².